The lowest BCUT2D eigenvalue weighted by Gasteiger charge is -2.18. The summed E-state index contributed by atoms with van der Waals surface area (Å²) >= 11 is 0. The lowest BCUT2D eigenvalue weighted by molar-refractivity contribution is -0.119. The van der Waals surface area contributed by atoms with Gasteiger partial charge in [-0.25, -0.2) is 0 Å². The molecule has 0 radical (unpaired) electrons. The monoisotopic (exact) mass is 255 g/mol. The maximum Gasteiger partial charge on any atom is 0.233 e. The smallest absolute Gasteiger partial charge is 0.233 e. The third-order valence-corrected chi connectivity index (χ3v) is 2.86. The molecule has 0 spiro atoms. The highest BCUT2D eigenvalue weighted by Gasteiger charge is 2.15. The van der Waals surface area contributed by atoms with E-state index >= 15 is 0 Å². The van der Waals surface area contributed by atoms with Crippen molar-refractivity contribution in [1.29, 1.82) is 0 Å². The third kappa shape index (κ3) is 3.63. The predicted octanol–water partition coefficient (Wildman–Crippen LogP) is 1.51. The predicted molar refractivity (Wildman–Crippen MR) is 74.6 cm³/mol. The minimum atomic E-state index is -0.0836. The second-order valence-electron chi connectivity index (χ2n) is 4.15. The molecule has 1 unspecified atom stereocenters. The Balaban J connectivity index is 2.21. The molecular formula is C15H17N3O. The SMILES string of the molecule is CNC(=O)CNC(c1ccccc1)c1ccccn1. The van der Waals surface area contributed by atoms with Crippen molar-refractivity contribution in [1.82, 2.24) is 15.6 Å². The summed E-state index contributed by atoms with van der Waals surface area (Å²) in [7, 11) is 1.63. The second kappa shape index (κ2) is 6.66. The molecule has 1 aromatic carbocycles. The van der Waals surface area contributed by atoms with Gasteiger partial charge in [0.15, 0.2) is 0 Å². The van der Waals surface area contributed by atoms with Crippen LogP contribution in [0.4, 0.5) is 0 Å². The van der Waals surface area contributed by atoms with E-state index in [1.807, 2.05) is 48.5 Å². The molecule has 4 nitrogen and oxygen atoms in total. The number of nitrogens with one attached hydrogen (secondary N) is 2. The normalized spacial score (nSPS) is 11.8. The fraction of sp³-hybridized carbons (Fsp3) is 0.200. The lowest BCUT2D eigenvalue weighted by atomic mass is 10.0. The molecule has 1 amide bonds. The van der Waals surface area contributed by atoms with Gasteiger partial charge < -0.3 is 5.32 Å². The van der Waals surface area contributed by atoms with Crippen molar-refractivity contribution in [2.24, 2.45) is 0 Å². The maximum absolute atomic E-state index is 11.4. The summed E-state index contributed by atoms with van der Waals surface area (Å²) in [6, 6.07) is 15.7. The molecule has 1 heterocycles. The molecule has 0 saturated heterocycles. The highest BCUT2D eigenvalue weighted by Crippen LogP contribution is 2.19. The van der Waals surface area contributed by atoms with E-state index in [0.29, 0.717) is 0 Å². The van der Waals surface area contributed by atoms with Crippen LogP contribution in [0.1, 0.15) is 17.3 Å². The molecule has 1 aromatic heterocycles. The minimum absolute atomic E-state index is 0.0446. The highest BCUT2D eigenvalue weighted by molar-refractivity contribution is 5.77. The summed E-state index contributed by atoms with van der Waals surface area (Å²) in [6.07, 6.45) is 1.76. The van der Waals surface area contributed by atoms with Crippen molar-refractivity contribution in [2.45, 2.75) is 6.04 Å². The number of amides is 1. The molecule has 0 saturated carbocycles. The van der Waals surface area contributed by atoms with Crippen LogP contribution in [0.2, 0.25) is 0 Å². The van der Waals surface area contributed by atoms with Crippen molar-refractivity contribution < 1.29 is 4.79 Å². The van der Waals surface area contributed by atoms with E-state index in [1.165, 1.54) is 0 Å². The molecular weight excluding hydrogens is 238 g/mol. The molecule has 0 aliphatic carbocycles. The van der Waals surface area contributed by atoms with Crippen LogP contribution in [0, 0.1) is 0 Å². The van der Waals surface area contributed by atoms with Crippen LogP contribution in [-0.4, -0.2) is 24.5 Å². The maximum atomic E-state index is 11.4. The third-order valence-electron chi connectivity index (χ3n) is 2.86. The van der Waals surface area contributed by atoms with Crippen molar-refractivity contribution in [2.75, 3.05) is 13.6 Å². The van der Waals surface area contributed by atoms with Crippen LogP contribution in [0.3, 0.4) is 0 Å². The van der Waals surface area contributed by atoms with Crippen molar-refractivity contribution in [3.8, 4) is 0 Å². The first kappa shape index (κ1) is 13.2. The zero-order chi connectivity index (χ0) is 13.5. The molecule has 19 heavy (non-hydrogen) atoms. The average Bonchev–Trinajstić information content (AvgIpc) is 2.49. The first-order valence-electron chi connectivity index (χ1n) is 6.21. The first-order valence-corrected chi connectivity index (χ1v) is 6.21. The Labute approximate surface area is 112 Å². The zero-order valence-electron chi connectivity index (χ0n) is 10.8. The quantitative estimate of drug-likeness (QED) is 0.851. The number of carbonyl (C=O) groups is 1. The standard InChI is InChI=1S/C15H17N3O/c1-16-14(19)11-18-15(12-7-3-2-4-8-12)13-9-5-6-10-17-13/h2-10,15,18H,11H2,1H3,(H,16,19). The van der Waals surface area contributed by atoms with Gasteiger partial charge in [0.1, 0.15) is 0 Å². The Bertz CT molecular complexity index is 474. The van der Waals surface area contributed by atoms with Gasteiger partial charge in [0.25, 0.3) is 0 Å². The fourth-order valence-corrected chi connectivity index (χ4v) is 1.87. The van der Waals surface area contributed by atoms with Gasteiger partial charge in [-0.3, -0.25) is 15.1 Å². The summed E-state index contributed by atoms with van der Waals surface area (Å²) in [5.74, 6) is -0.0446. The van der Waals surface area contributed by atoms with Crippen LogP contribution in [0.5, 0.6) is 0 Å². The topological polar surface area (TPSA) is 54.0 Å². The number of benzene rings is 1. The average molecular weight is 255 g/mol. The van der Waals surface area contributed by atoms with Crippen molar-refractivity contribution >= 4 is 5.91 Å². The minimum Gasteiger partial charge on any atom is -0.358 e. The summed E-state index contributed by atoms with van der Waals surface area (Å²) < 4.78 is 0. The van der Waals surface area contributed by atoms with Gasteiger partial charge in [0, 0.05) is 13.2 Å². The van der Waals surface area contributed by atoms with Crippen molar-refractivity contribution in [3.05, 3.63) is 66.0 Å². The number of aromatic nitrogens is 1. The summed E-state index contributed by atoms with van der Waals surface area (Å²) in [5, 5.41) is 5.83. The second-order valence-corrected chi connectivity index (χ2v) is 4.15. The zero-order valence-corrected chi connectivity index (χ0v) is 10.8. The number of nitrogens with zero attached hydrogens (tertiary/aromatic N) is 1. The summed E-state index contributed by atoms with van der Waals surface area (Å²) in [4.78, 5) is 15.7. The van der Waals surface area contributed by atoms with Crippen LogP contribution < -0.4 is 10.6 Å². The molecule has 2 rings (SSSR count). The molecule has 4 heteroatoms. The lowest BCUT2D eigenvalue weighted by Crippen LogP contribution is -2.34. The Morgan fingerprint density at radius 2 is 1.89 bits per heavy atom. The molecule has 2 aromatic rings. The molecule has 1 atom stereocenters. The van der Waals surface area contributed by atoms with Gasteiger partial charge in [-0.05, 0) is 17.7 Å². The largest absolute Gasteiger partial charge is 0.358 e. The number of carbonyl (C=O) groups excluding carboxylic acids is 1. The van der Waals surface area contributed by atoms with E-state index < -0.39 is 0 Å². The Hall–Kier alpha value is -2.20. The van der Waals surface area contributed by atoms with E-state index in [-0.39, 0.29) is 18.5 Å². The van der Waals surface area contributed by atoms with Crippen molar-refractivity contribution in [3.63, 3.8) is 0 Å². The van der Waals surface area contributed by atoms with Crippen LogP contribution in [0.25, 0.3) is 0 Å². The van der Waals surface area contributed by atoms with Gasteiger partial charge in [0.2, 0.25) is 5.91 Å². The van der Waals surface area contributed by atoms with E-state index in [9.17, 15) is 4.79 Å². The van der Waals surface area contributed by atoms with E-state index in [1.54, 1.807) is 13.2 Å². The van der Waals surface area contributed by atoms with Gasteiger partial charge in [-0.1, -0.05) is 36.4 Å². The van der Waals surface area contributed by atoms with Gasteiger partial charge in [0.05, 0.1) is 18.3 Å². The molecule has 2 N–H and O–H groups in total. The van der Waals surface area contributed by atoms with Gasteiger partial charge >= 0.3 is 0 Å². The number of hydrogen-bond acceptors (Lipinski definition) is 3. The van der Waals surface area contributed by atoms with Gasteiger partial charge in [-0.15, -0.1) is 0 Å². The first-order chi connectivity index (χ1) is 9.31. The fourth-order valence-electron chi connectivity index (χ4n) is 1.87. The highest BCUT2D eigenvalue weighted by atomic mass is 16.1. The summed E-state index contributed by atoms with van der Waals surface area (Å²) in [6.45, 7) is 0.257. The molecule has 98 valence electrons. The Morgan fingerprint density at radius 1 is 1.16 bits per heavy atom. The van der Waals surface area contributed by atoms with Crippen LogP contribution in [-0.2, 0) is 4.79 Å². The Kier molecular flexibility index (Phi) is 4.64. The molecule has 0 aliphatic rings. The molecule has 0 bridgehead atoms. The van der Waals surface area contributed by atoms with Crippen LogP contribution in [0.15, 0.2) is 54.7 Å². The number of rotatable bonds is 5. The summed E-state index contributed by atoms with van der Waals surface area (Å²) in [5.41, 5.74) is 1.99. The number of likely N-dealkylation sites (N-methyl/N-ethyl adjacent to an activating group) is 1. The van der Waals surface area contributed by atoms with E-state index in [4.69, 9.17) is 0 Å². The van der Waals surface area contributed by atoms with E-state index in [0.717, 1.165) is 11.3 Å². The van der Waals surface area contributed by atoms with Gasteiger partial charge in [-0.2, -0.15) is 0 Å². The Morgan fingerprint density at radius 3 is 2.53 bits per heavy atom. The van der Waals surface area contributed by atoms with Crippen LogP contribution >= 0.6 is 0 Å². The number of hydrogen-bond donors (Lipinski definition) is 2. The molecule has 0 fully saturated rings. The molecule has 0 aliphatic heterocycles. The van der Waals surface area contributed by atoms with E-state index in [2.05, 4.69) is 15.6 Å². The number of pyridine rings is 1.